The third-order valence-corrected chi connectivity index (χ3v) is 19.6. The van der Waals surface area contributed by atoms with E-state index in [4.69, 9.17) is 29.2 Å². The minimum absolute atomic E-state index is 0.0102. The quantitative estimate of drug-likeness (QED) is 0.00904. The number of cyclic esters (lactones) is 1. The van der Waals surface area contributed by atoms with Gasteiger partial charge in [0.1, 0.15) is 41.8 Å². The van der Waals surface area contributed by atoms with Crippen molar-refractivity contribution in [1.82, 2.24) is 16.0 Å². The first-order valence-corrected chi connectivity index (χ1v) is 37.3. The van der Waals surface area contributed by atoms with E-state index < -0.39 is 96.5 Å². The summed E-state index contributed by atoms with van der Waals surface area (Å²) in [5.74, 6) is -7.27. The maximum Gasteiger partial charge on any atom is 0.331 e. The third kappa shape index (κ3) is 37.7. The molecule has 0 aromatic rings. The molecule has 26 heteroatoms. The number of unbranched alkanes of at least 4 members (excludes halogenated alkanes) is 2. The summed E-state index contributed by atoms with van der Waals surface area (Å²) in [4.78, 5) is 141. The van der Waals surface area contributed by atoms with Gasteiger partial charge in [-0.1, -0.05) is 114 Å². The summed E-state index contributed by atoms with van der Waals surface area (Å²) in [7, 11) is 4.49. The van der Waals surface area contributed by atoms with Crippen molar-refractivity contribution in [3.05, 3.63) is 108 Å². The Morgan fingerprint density at radius 3 is 1.42 bits per heavy atom. The van der Waals surface area contributed by atoms with E-state index in [9.17, 15) is 83.1 Å². The minimum atomic E-state index is -1.00. The molecule has 0 saturated carbocycles. The van der Waals surface area contributed by atoms with Gasteiger partial charge in [-0.05, 0) is 132 Å². The number of carboxylic acid groups (broad SMARTS) is 2. The molecule has 598 valence electrons. The lowest BCUT2D eigenvalue weighted by atomic mass is 9.86. The zero-order chi connectivity index (χ0) is 80.5. The fraction of sp³-hybridized carbons (Fsp3) is 0.630. The van der Waals surface area contributed by atoms with Crippen molar-refractivity contribution in [2.24, 2.45) is 53.3 Å². The number of aliphatic carboxylic acids is 2. The summed E-state index contributed by atoms with van der Waals surface area (Å²) in [6.45, 7) is 15.8. The molecule has 0 aromatic carbocycles. The van der Waals surface area contributed by atoms with Gasteiger partial charge in [0.2, 0.25) is 35.4 Å². The first-order chi connectivity index (χ1) is 50.5. The van der Waals surface area contributed by atoms with Crippen LogP contribution in [0.4, 0.5) is 0 Å². The van der Waals surface area contributed by atoms with Crippen molar-refractivity contribution in [3.8, 4) is 0 Å². The van der Waals surface area contributed by atoms with Crippen LogP contribution in [0.15, 0.2) is 108 Å². The lowest BCUT2D eigenvalue weighted by Crippen LogP contribution is -2.39. The zero-order valence-electron chi connectivity index (χ0n) is 64.6. The average molecular weight is 1500 g/mol. The number of rotatable bonds is 39. The Bertz CT molecular complexity index is 3160. The van der Waals surface area contributed by atoms with Crippen molar-refractivity contribution >= 4 is 70.7 Å². The molecule has 26 nitrogen and oxygen atoms in total. The number of aliphatic hydroxyl groups is 5. The summed E-state index contributed by atoms with van der Waals surface area (Å²) in [5.41, 5.74) is 1.84. The molecular weight excluding hydrogens is 1380 g/mol. The van der Waals surface area contributed by atoms with Crippen LogP contribution in [0.1, 0.15) is 197 Å². The van der Waals surface area contributed by atoms with Gasteiger partial charge in [0, 0.05) is 127 Å². The first-order valence-electron chi connectivity index (χ1n) is 37.3. The maximum atomic E-state index is 13.0. The molecule has 4 aliphatic heterocycles. The predicted octanol–water partition coefficient (Wildman–Crippen LogP) is 8.61. The van der Waals surface area contributed by atoms with Crippen molar-refractivity contribution < 1.29 is 112 Å². The molecule has 0 aromatic heterocycles. The molecular formula is C81H121N3O23. The Morgan fingerprint density at radius 1 is 0.570 bits per heavy atom. The number of esters is 1. The number of ketones is 3. The van der Waals surface area contributed by atoms with E-state index in [1.54, 1.807) is 111 Å². The highest BCUT2D eigenvalue weighted by atomic mass is 16.5. The topological polar surface area (TPSA) is 419 Å². The van der Waals surface area contributed by atoms with Crippen LogP contribution < -0.4 is 16.0 Å². The molecule has 4 heterocycles. The number of allylic oxidation sites excluding steroid dienone is 7. The number of hydrogen-bond acceptors (Lipinski definition) is 21. The number of imide groups is 3. The number of Topliss-reactive ketones (excluding diaryl/α,β-unsaturated/α-hetero) is 3. The lowest BCUT2D eigenvalue weighted by molar-refractivity contribution is -0.146. The number of carbonyl (C=O) groups excluding carboxylic acids is 10. The standard InChI is InChI=1S/2C27H41NO8.C27H39NO7/c1-17(14-18(2)27(35)22(36-4)12-7-5-6-8-13-25(32)33)26(34)19(3)21(29)11-9-10-20-15-23(30)28-24(31)16-20;1-17(21(29)11-9-10-20-15-23(30)28-24(31)16-20)14-18(2)26(34)19(3)27(35)22(36-4)12-7-5-6-8-13-25(32)33;1-17-14-18(2)27(35-25(32)13-8-6-5-7-12-22(34-4)26(17)33)19(3)21(29)11-9-10-20-15-23(30)28-24(31)16-20/h7-8,12-14,18-20,22,26-27,34-35H,5-6,9-11,15-16H2,1-4H3,(H,32,33)(H,28,30,31);7-8,12-14,17,19-20,22,26-27,34-35H,5-6,9-11,15-16H2,1-4H3,(H,32,33)(H,28,30,31);7-8,12-14,17,19-20,22,26-27,33H,5-6,9-11,15-16H2,1-4H3,(H,28,30,31)/b12-7+,13-8+,17-14+;12-7+,13-8+,18-14+;12-7+,13-8+,18-14-/t;;17-,19?,22+,26+,27?/m..1/s1. The molecule has 4 aliphatic rings. The molecule has 107 heavy (non-hydrogen) atoms. The molecule has 4 rings (SSSR count). The molecule has 0 bridgehead atoms. The fourth-order valence-corrected chi connectivity index (χ4v) is 13.2. The number of piperidine rings is 3. The van der Waals surface area contributed by atoms with Crippen LogP contribution in [-0.2, 0) is 76.5 Å². The van der Waals surface area contributed by atoms with E-state index in [1.165, 1.54) is 20.3 Å². The van der Waals surface area contributed by atoms with Gasteiger partial charge >= 0.3 is 17.9 Å². The highest BCUT2D eigenvalue weighted by molar-refractivity contribution is 5.99. The monoisotopic (exact) mass is 1500 g/mol. The van der Waals surface area contributed by atoms with E-state index in [1.807, 2.05) is 31.2 Å². The molecule has 10 N–H and O–H groups in total. The van der Waals surface area contributed by atoms with Crippen molar-refractivity contribution in [2.45, 2.75) is 252 Å². The number of nitrogens with one attached hydrogen (secondary N) is 3. The van der Waals surface area contributed by atoms with E-state index in [-0.39, 0.29) is 95.2 Å². The predicted molar refractivity (Wildman–Crippen MR) is 401 cm³/mol. The number of hydrogen-bond donors (Lipinski definition) is 10. The maximum absolute atomic E-state index is 13.0. The van der Waals surface area contributed by atoms with Gasteiger partial charge in [0.25, 0.3) is 0 Å². The van der Waals surface area contributed by atoms with Crippen molar-refractivity contribution in [3.63, 3.8) is 0 Å². The molecule has 12 unspecified atom stereocenters. The summed E-state index contributed by atoms with van der Waals surface area (Å²) >= 11 is 0. The van der Waals surface area contributed by atoms with E-state index >= 15 is 0 Å². The van der Waals surface area contributed by atoms with Crippen LogP contribution in [0.2, 0.25) is 0 Å². The fourth-order valence-electron chi connectivity index (χ4n) is 13.2. The van der Waals surface area contributed by atoms with Gasteiger partial charge in [-0.2, -0.15) is 0 Å². The number of amides is 6. The third-order valence-electron chi connectivity index (χ3n) is 19.6. The SMILES string of the molecule is COC(/C=C/CC/C=C/C(=O)O)C(O)C(C)/C=C(\C)C(O)C(C)C(=O)CCCC1CC(=O)NC(=O)C1.COC(/C=C/CC/C=C/C(=O)O)C(O)C(C)C(O)/C(C)=C/C(C)C(=O)CCCC1CC(=O)NC(=O)C1.CO[C@H]1/C=C/CC/C=C/C(=O)OC(C(C)C(=O)CCCC2CC(=O)NC(=O)C2)/C(C)=C\[C@@H](C)[C@@H]1O. The Balaban J connectivity index is 0.000000545. The van der Waals surface area contributed by atoms with Gasteiger partial charge < -0.3 is 54.7 Å². The van der Waals surface area contributed by atoms with E-state index in [0.29, 0.717) is 139 Å². The normalized spacial score (nSPS) is 23.6. The molecule has 3 saturated heterocycles. The summed E-state index contributed by atoms with van der Waals surface area (Å²) < 4.78 is 21.9. The molecule has 15 atom stereocenters. The van der Waals surface area contributed by atoms with Crippen LogP contribution in [-0.4, -0.2) is 183 Å². The second-order valence-electron chi connectivity index (χ2n) is 28.7. The summed E-state index contributed by atoms with van der Waals surface area (Å²) in [6, 6.07) is 0. The van der Waals surface area contributed by atoms with Crippen molar-refractivity contribution in [1.29, 1.82) is 0 Å². The van der Waals surface area contributed by atoms with Crippen LogP contribution in [0, 0.1) is 53.3 Å². The molecule has 3 fully saturated rings. The van der Waals surface area contributed by atoms with Crippen molar-refractivity contribution in [2.75, 3.05) is 21.3 Å². The Labute approximate surface area is 630 Å². The summed E-state index contributed by atoms with van der Waals surface area (Å²) in [5, 5.41) is 77.7. The summed E-state index contributed by atoms with van der Waals surface area (Å²) in [6.07, 6.45) is 27.0. The number of methoxy groups -OCH3 is 3. The largest absolute Gasteiger partial charge is 0.478 e. The highest BCUT2D eigenvalue weighted by Crippen LogP contribution is 2.29. The van der Waals surface area contributed by atoms with Gasteiger partial charge in [-0.15, -0.1) is 0 Å². The molecule has 0 radical (unpaired) electrons. The molecule has 0 spiro atoms. The highest BCUT2D eigenvalue weighted by Gasteiger charge is 2.34. The van der Waals surface area contributed by atoms with E-state index in [0.717, 1.165) is 12.2 Å². The Kier molecular flexibility index (Phi) is 45.8. The average Bonchev–Trinajstić information content (AvgIpc) is 0.863. The Hall–Kier alpha value is -7.82. The number of carboxylic acids is 2. The molecule has 0 aliphatic carbocycles. The smallest absolute Gasteiger partial charge is 0.331 e. The van der Waals surface area contributed by atoms with Crippen LogP contribution in [0.3, 0.4) is 0 Å². The first kappa shape index (κ1) is 95.3. The van der Waals surface area contributed by atoms with Crippen LogP contribution in [0.5, 0.6) is 0 Å². The van der Waals surface area contributed by atoms with E-state index in [2.05, 4.69) is 16.0 Å². The van der Waals surface area contributed by atoms with Gasteiger partial charge in [-0.3, -0.25) is 59.1 Å². The second-order valence-corrected chi connectivity index (χ2v) is 28.7. The number of aliphatic hydroxyl groups excluding tert-OH is 5. The lowest BCUT2D eigenvalue weighted by Gasteiger charge is -2.29. The Morgan fingerprint density at radius 2 is 0.981 bits per heavy atom. The number of carbonyl (C=O) groups is 12. The number of ether oxygens (including phenoxy) is 4. The van der Waals surface area contributed by atoms with Gasteiger partial charge in [0.05, 0.1) is 36.4 Å². The van der Waals surface area contributed by atoms with Crippen LogP contribution >= 0.6 is 0 Å². The minimum Gasteiger partial charge on any atom is -0.478 e. The molecule has 6 amide bonds. The second kappa shape index (κ2) is 51.5. The van der Waals surface area contributed by atoms with Gasteiger partial charge in [-0.25, -0.2) is 14.4 Å². The van der Waals surface area contributed by atoms with Crippen LogP contribution in [0.25, 0.3) is 0 Å². The van der Waals surface area contributed by atoms with Gasteiger partial charge in [0.15, 0.2) is 0 Å². The zero-order valence-corrected chi connectivity index (χ0v) is 64.6.